The number of ether oxygens (including phenoxy) is 1. The number of rotatable bonds is 5. The van der Waals surface area contributed by atoms with Crippen LogP contribution in [0.2, 0.25) is 0 Å². The fraction of sp³-hybridized carbons (Fsp3) is 0.615. The molecule has 5 heteroatoms. The van der Waals surface area contributed by atoms with Crippen LogP contribution in [0.15, 0.2) is 12.4 Å². The molecule has 1 atom stereocenters. The summed E-state index contributed by atoms with van der Waals surface area (Å²) in [4.78, 5) is 20.9. The summed E-state index contributed by atoms with van der Waals surface area (Å²) in [5, 5.41) is 3.28. The minimum atomic E-state index is -0.335. The number of hydrogen-bond acceptors (Lipinski definition) is 5. The van der Waals surface area contributed by atoms with Crippen LogP contribution in [0, 0.1) is 5.41 Å². The van der Waals surface area contributed by atoms with Gasteiger partial charge in [0.15, 0.2) is 11.5 Å². The van der Waals surface area contributed by atoms with E-state index in [0.717, 1.165) is 32.4 Å². The van der Waals surface area contributed by atoms with Crippen LogP contribution in [0.3, 0.4) is 0 Å². The van der Waals surface area contributed by atoms with Gasteiger partial charge in [-0.3, -0.25) is 4.79 Å². The van der Waals surface area contributed by atoms with Crippen molar-refractivity contribution in [2.75, 3.05) is 20.2 Å². The maximum Gasteiger partial charge on any atom is 0.243 e. The second-order valence-electron chi connectivity index (χ2n) is 4.70. The smallest absolute Gasteiger partial charge is 0.243 e. The number of Topliss-reactive ketones (excluding diaryl/α,β-unsaturated/α-hetero) is 1. The molecular formula is C13H19N3O2. The van der Waals surface area contributed by atoms with Crippen LogP contribution in [0.1, 0.15) is 36.7 Å². The number of aromatic nitrogens is 2. The van der Waals surface area contributed by atoms with Crippen LogP contribution in [-0.2, 0) is 0 Å². The van der Waals surface area contributed by atoms with Gasteiger partial charge in [-0.15, -0.1) is 0 Å². The standard InChI is InChI=1S/C13H19N3O2/c1-3-4-13(5-6-14-9-13)11(17)10-12(18-2)16-8-7-15-10/h7-8,14H,3-6,9H2,1-2H3. The molecule has 0 radical (unpaired) electrons. The second-order valence-corrected chi connectivity index (χ2v) is 4.70. The Morgan fingerprint density at radius 1 is 1.50 bits per heavy atom. The maximum atomic E-state index is 12.7. The molecule has 1 aromatic rings. The Labute approximate surface area is 107 Å². The molecule has 0 aromatic carbocycles. The normalized spacial score (nSPS) is 23.0. The van der Waals surface area contributed by atoms with Gasteiger partial charge < -0.3 is 10.1 Å². The molecule has 1 aliphatic rings. The third-order valence-corrected chi connectivity index (χ3v) is 3.53. The Balaban J connectivity index is 2.33. The van der Waals surface area contributed by atoms with Crippen LogP contribution in [0.4, 0.5) is 0 Å². The van der Waals surface area contributed by atoms with E-state index in [-0.39, 0.29) is 11.2 Å². The van der Waals surface area contributed by atoms with Gasteiger partial charge in [-0.25, -0.2) is 9.97 Å². The predicted molar refractivity (Wildman–Crippen MR) is 67.7 cm³/mol. The number of carbonyl (C=O) groups is 1. The van der Waals surface area contributed by atoms with Crippen LogP contribution in [-0.4, -0.2) is 36.0 Å². The summed E-state index contributed by atoms with van der Waals surface area (Å²) in [6.07, 6.45) is 5.79. The number of carbonyl (C=O) groups excluding carboxylic acids is 1. The molecule has 0 saturated carbocycles. The minimum absolute atomic E-state index is 0.0549. The Bertz CT molecular complexity index is 428. The number of nitrogens with zero attached hydrogens (tertiary/aromatic N) is 2. The number of nitrogens with one attached hydrogen (secondary N) is 1. The summed E-state index contributed by atoms with van der Waals surface area (Å²) in [6, 6.07) is 0. The van der Waals surface area contributed by atoms with Gasteiger partial charge in [0.1, 0.15) is 0 Å². The lowest BCUT2D eigenvalue weighted by atomic mass is 9.77. The fourth-order valence-corrected chi connectivity index (χ4v) is 2.62. The van der Waals surface area contributed by atoms with Crippen molar-refractivity contribution in [3.05, 3.63) is 18.1 Å². The summed E-state index contributed by atoms with van der Waals surface area (Å²) in [5.74, 6) is 0.379. The van der Waals surface area contributed by atoms with Gasteiger partial charge in [-0.2, -0.15) is 0 Å². The summed E-state index contributed by atoms with van der Waals surface area (Å²) >= 11 is 0. The first-order valence-corrected chi connectivity index (χ1v) is 6.34. The van der Waals surface area contributed by atoms with E-state index in [0.29, 0.717) is 11.6 Å². The number of ketones is 1. The van der Waals surface area contributed by atoms with Crippen molar-refractivity contribution in [3.8, 4) is 5.88 Å². The van der Waals surface area contributed by atoms with Crippen LogP contribution < -0.4 is 10.1 Å². The minimum Gasteiger partial charge on any atom is -0.479 e. The number of hydrogen-bond donors (Lipinski definition) is 1. The van der Waals surface area contributed by atoms with Gasteiger partial charge in [-0.1, -0.05) is 13.3 Å². The molecule has 0 amide bonds. The molecule has 0 bridgehead atoms. The summed E-state index contributed by atoms with van der Waals surface area (Å²) in [6.45, 7) is 3.70. The Morgan fingerprint density at radius 2 is 2.28 bits per heavy atom. The van der Waals surface area contributed by atoms with Gasteiger partial charge in [0, 0.05) is 24.4 Å². The zero-order chi connectivity index (χ0) is 13.0. The third kappa shape index (κ3) is 2.22. The van der Waals surface area contributed by atoms with E-state index >= 15 is 0 Å². The fourth-order valence-electron chi connectivity index (χ4n) is 2.62. The van der Waals surface area contributed by atoms with Crippen molar-refractivity contribution in [1.29, 1.82) is 0 Å². The van der Waals surface area contributed by atoms with Gasteiger partial charge in [0.25, 0.3) is 0 Å². The summed E-state index contributed by atoms with van der Waals surface area (Å²) in [7, 11) is 1.51. The quantitative estimate of drug-likeness (QED) is 0.800. The highest BCUT2D eigenvalue weighted by Gasteiger charge is 2.42. The second kappa shape index (κ2) is 5.44. The van der Waals surface area contributed by atoms with Gasteiger partial charge in [0.2, 0.25) is 5.88 Å². The van der Waals surface area contributed by atoms with Crippen LogP contribution in [0.25, 0.3) is 0 Å². The molecule has 1 fully saturated rings. The molecule has 1 unspecified atom stereocenters. The van der Waals surface area contributed by atoms with Crippen molar-refractivity contribution in [1.82, 2.24) is 15.3 Å². The van der Waals surface area contributed by atoms with Crippen LogP contribution in [0.5, 0.6) is 5.88 Å². The Morgan fingerprint density at radius 3 is 2.89 bits per heavy atom. The van der Waals surface area contributed by atoms with E-state index < -0.39 is 0 Å². The molecule has 18 heavy (non-hydrogen) atoms. The molecule has 2 rings (SSSR count). The molecule has 0 aliphatic carbocycles. The lowest BCUT2D eigenvalue weighted by Crippen LogP contribution is -2.34. The number of methoxy groups -OCH3 is 1. The summed E-state index contributed by atoms with van der Waals surface area (Å²) in [5.41, 5.74) is 0.0232. The first-order valence-electron chi connectivity index (χ1n) is 6.34. The molecule has 1 N–H and O–H groups in total. The van der Waals surface area contributed by atoms with E-state index in [2.05, 4.69) is 22.2 Å². The van der Waals surface area contributed by atoms with Crippen molar-refractivity contribution >= 4 is 5.78 Å². The summed E-state index contributed by atoms with van der Waals surface area (Å²) < 4.78 is 5.13. The van der Waals surface area contributed by atoms with E-state index in [9.17, 15) is 4.79 Å². The highest BCUT2D eigenvalue weighted by Crippen LogP contribution is 2.35. The molecule has 1 saturated heterocycles. The van der Waals surface area contributed by atoms with Crippen LogP contribution >= 0.6 is 0 Å². The molecule has 2 heterocycles. The van der Waals surface area contributed by atoms with E-state index in [4.69, 9.17) is 4.74 Å². The molecule has 1 aliphatic heterocycles. The van der Waals surface area contributed by atoms with Crippen molar-refractivity contribution in [2.45, 2.75) is 26.2 Å². The van der Waals surface area contributed by atoms with Crippen molar-refractivity contribution < 1.29 is 9.53 Å². The molecule has 5 nitrogen and oxygen atoms in total. The molecule has 98 valence electrons. The highest BCUT2D eigenvalue weighted by atomic mass is 16.5. The average Bonchev–Trinajstić information content (AvgIpc) is 2.88. The van der Waals surface area contributed by atoms with Gasteiger partial charge in [0.05, 0.1) is 7.11 Å². The SMILES string of the molecule is CCCC1(C(=O)c2nccnc2OC)CCNC1. The zero-order valence-corrected chi connectivity index (χ0v) is 10.9. The van der Waals surface area contributed by atoms with E-state index in [1.165, 1.54) is 19.5 Å². The van der Waals surface area contributed by atoms with Gasteiger partial charge >= 0.3 is 0 Å². The lowest BCUT2D eigenvalue weighted by Gasteiger charge is -2.25. The third-order valence-electron chi connectivity index (χ3n) is 3.53. The van der Waals surface area contributed by atoms with Gasteiger partial charge in [-0.05, 0) is 19.4 Å². The molecular weight excluding hydrogens is 230 g/mol. The maximum absolute atomic E-state index is 12.7. The largest absolute Gasteiger partial charge is 0.479 e. The Hall–Kier alpha value is -1.49. The van der Waals surface area contributed by atoms with Crippen molar-refractivity contribution in [3.63, 3.8) is 0 Å². The first kappa shape index (κ1) is 13.0. The zero-order valence-electron chi connectivity index (χ0n) is 10.9. The topological polar surface area (TPSA) is 64.1 Å². The predicted octanol–water partition coefficient (Wildman–Crippen LogP) is 1.45. The lowest BCUT2D eigenvalue weighted by molar-refractivity contribution is 0.0791. The Kier molecular flexibility index (Phi) is 3.91. The average molecular weight is 249 g/mol. The first-order chi connectivity index (χ1) is 8.73. The van der Waals surface area contributed by atoms with Crippen molar-refractivity contribution in [2.24, 2.45) is 5.41 Å². The highest BCUT2D eigenvalue weighted by molar-refractivity contribution is 6.01. The monoisotopic (exact) mass is 249 g/mol. The molecule has 1 aromatic heterocycles. The van der Waals surface area contributed by atoms with E-state index in [1.54, 1.807) is 0 Å². The molecule has 0 spiro atoms. The van der Waals surface area contributed by atoms with E-state index in [1.807, 2.05) is 0 Å².